The van der Waals surface area contributed by atoms with Gasteiger partial charge in [-0.15, -0.1) is 0 Å². The maximum atomic E-state index is 9.43. The quantitative estimate of drug-likeness (QED) is 0.486. The maximum absolute atomic E-state index is 9.43. The van der Waals surface area contributed by atoms with Gasteiger partial charge in [0, 0.05) is 59.3 Å². The molecule has 1 atom stereocenters. The number of rotatable bonds is 5. The molecule has 9 nitrogen and oxygen atoms in total. The van der Waals surface area contributed by atoms with Gasteiger partial charge in [-0.05, 0) is 17.7 Å². The first-order valence-corrected chi connectivity index (χ1v) is 9.23. The first kappa shape index (κ1) is 17.6. The minimum atomic E-state index is -0.288. The number of hydrogen-bond donors (Lipinski definition) is 1. The first-order chi connectivity index (χ1) is 14.8. The standard InChI is InChI=1S/C21H15N9/c22-3-1-19(15-5-14(6-23-7-15)16-8-24-12-25-9-16)30-11-17(10-29-30)20-18-2-4-26-21(18)28-13-27-20/h2,4-13,19H,1H2,(H,26,27,28). The molecule has 0 aliphatic rings. The molecule has 30 heavy (non-hydrogen) atoms. The molecular formula is C21H15N9. The molecular weight excluding hydrogens is 378 g/mol. The van der Waals surface area contributed by atoms with Crippen LogP contribution in [0.3, 0.4) is 0 Å². The van der Waals surface area contributed by atoms with Gasteiger partial charge in [-0.3, -0.25) is 9.67 Å². The molecule has 0 saturated heterocycles. The van der Waals surface area contributed by atoms with Crippen LogP contribution in [0.5, 0.6) is 0 Å². The molecule has 0 aliphatic carbocycles. The van der Waals surface area contributed by atoms with Crippen LogP contribution in [0.2, 0.25) is 0 Å². The second-order valence-electron chi connectivity index (χ2n) is 6.68. The average molecular weight is 393 g/mol. The van der Waals surface area contributed by atoms with Crippen molar-refractivity contribution in [3.05, 3.63) is 73.7 Å². The number of aromatic amines is 1. The zero-order chi connectivity index (χ0) is 20.3. The van der Waals surface area contributed by atoms with E-state index in [4.69, 9.17) is 0 Å². The van der Waals surface area contributed by atoms with E-state index in [9.17, 15) is 5.26 Å². The SMILES string of the molecule is N#CCC(c1cncc(-c2cncnc2)c1)n1cc(-c2ncnc3[nH]ccc23)cn1. The van der Waals surface area contributed by atoms with Crippen LogP contribution in [0.4, 0.5) is 0 Å². The van der Waals surface area contributed by atoms with Crippen molar-refractivity contribution < 1.29 is 0 Å². The van der Waals surface area contributed by atoms with E-state index in [1.807, 2.05) is 24.5 Å². The summed E-state index contributed by atoms with van der Waals surface area (Å²) in [5.41, 5.74) is 5.03. The highest BCUT2D eigenvalue weighted by Gasteiger charge is 2.18. The Balaban J connectivity index is 1.54. The second-order valence-corrected chi connectivity index (χ2v) is 6.68. The Labute approximate surface area is 171 Å². The highest BCUT2D eigenvalue weighted by atomic mass is 15.3. The summed E-state index contributed by atoms with van der Waals surface area (Å²) in [6.07, 6.45) is 15.7. The van der Waals surface area contributed by atoms with E-state index in [2.05, 4.69) is 41.1 Å². The zero-order valence-electron chi connectivity index (χ0n) is 15.7. The van der Waals surface area contributed by atoms with Crippen LogP contribution in [0.1, 0.15) is 18.0 Å². The summed E-state index contributed by atoms with van der Waals surface area (Å²) in [7, 11) is 0. The third-order valence-electron chi connectivity index (χ3n) is 4.87. The number of hydrogen-bond acceptors (Lipinski definition) is 7. The fourth-order valence-corrected chi connectivity index (χ4v) is 3.43. The van der Waals surface area contributed by atoms with Crippen molar-refractivity contribution in [2.24, 2.45) is 0 Å². The maximum Gasteiger partial charge on any atom is 0.141 e. The van der Waals surface area contributed by atoms with Crippen molar-refractivity contribution in [2.45, 2.75) is 12.5 Å². The van der Waals surface area contributed by atoms with E-state index in [1.165, 1.54) is 12.7 Å². The molecule has 0 amide bonds. The van der Waals surface area contributed by atoms with Gasteiger partial charge in [0.05, 0.1) is 30.4 Å². The van der Waals surface area contributed by atoms with Crippen LogP contribution in [0, 0.1) is 11.3 Å². The number of nitriles is 1. The lowest BCUT2D eigenvalue weighted by atomic mass is 10.0. The summed E-state index contributed by atoms with van der Waals surface area (Å²) in [6.45, 7) is 0. The van der Waals surface area contributed by atoms with Gasteiger partial charge in [0.15, 0.2) is 0 Å². The monoisotopic (exact) mass is 393 g/mol. The Bertz CT molecular complexity index is 1350. The van der Waals surface area contributed by atoms with Gasteiger partial charge < -0.3 is 4.98 Å². The van der Waals surface area contributed by atoms with Crippen molar-refractivity contribution in [2.75, 3.05) is 0 Å². The Morgan fingerprint density at radius 3 is 2.70 bits per heavy atom. The van der Waals surface area contributed by atoms with E-state index < -0.39 is 0 Å². The lowest BCUT2D eigenvalue weighted by molar-refractivity contribution is 0.531. The molecule has 144 valence electrons. The van der Waals surface area contributed by atoms with Gasteiger partial charge in [0.1, 0.15) is 18.3 Å². The van der Waals surface area contributed by atoms with Crippen LogP contribution in [-0.2, 0) is 0 Å². The molecule has 0 saturated carbocycles. The van der Waals surface area contributed by atoms with E-state index in [1.54, 1.807) is 35.7 Å². The van der Waals surface area contributed by atoms with Crippen LogP contribution < -0.4 is 0 Å². The molecule has 1 N–H and O–H groups in total. The molecule has 0 fully saturated rings. The number of aromatic nitrogens is 8. The average Bonchev–Trinajstić information content (AvgIpc) is 3.48. The molecule has 1 unspecified atom stereocenters. The third kappa shape index (κ3) is 3.16. The van der Waals surface area contributed by atoms with Crippen molar-refractivity contribution in [3.8, 4) is 28.5 Å². The highest BCUT2D eigenvalue weighted by molar-refractivity contribution is 5.90. The summed E-state index contributed by atoms with van der Waals surface area (Å²) in [6, 6.07) is 5.89. The van der Waals surface area contributed by atoms with E-state index in [0.717, 1.165) is 39.0 Å². The second kappa shape index (κ2) is 7.52. The molecule has 9 heteroatoms. The van der Waals surface area contributed by atoms with Crippen LogP contribution in [0.15, 0.2) is 68.2 Å². The molecule has 5 heterocycles. The Hall–Kier alpha value is -4.45. The van der Waals surface area contributed by atoms with Crippen LogP contribution >= 0.6 is 0 Å². The third-order valence-corrected chi connectivity index (χ3v) is 4.87. The van der Waals surface area contributed by atoms with Crippen molar-refractivity contribution in [1.29, 1.82) is 5.26 Å². The fourth-order valence-electron chi connectivity index (χ4n) is 3.43. The van der Waals surface area contributed by atoms with E-state index in [-0.39, 0.29) is 12.5 Å². The zero-order valence-corrected chi connectivity index (χ0v) is 15.7. The summed E-state index contributed by atoms with van der Waals surface area (Å²) in [5.74, 6) is 0. The minimum Gasteiger partial charge on any atom is -0.346 e. The lowest BCUT2D eigenvalue weighted by Crippen LogP contribution is -2.11. The molecule has 5 aromatic heterocycles. The van der Waals surface area contributed by atoms with Gasteiger partial charge in [0.2, 0.25) is 0 Å². The number of fused-ring (bicyclic) bond motifs is 1. The first-order valence-electron chi connectivity index (χ1n) is 9.23. The molecule has 5 rings (SSSR count). The Kier molecular flexibility index (Phi) is 4.42. The van der Waals surface area contributed by atoms with E-state index in [0.29, 0.717) is 0 Å². The minimum absolute atomic E-state index is 0.251. The lowest BCUT2D eigenvalue weighted by Gasteiger charge is -2.15. The molecule has 0 radical (unpaired) electrons. The molecule has 0 bridgehead atoms. The molecule has 0 aromatic carbocycles. The van der Waals surface area contributed by atoms with Crippen molar-refractivity contribution in [1.82, 2.24) is 39.7 Å². The predicted octanol–water partition coefficient (Wildman–Crippen LogP) is 3.18. The van der Waals surface area contributed by atoms with Gasteiger partial charge in [-0.25, -0.2) is 19.9 Å². The summed E-state index contributed by atoms with van der Waals surface area (Å²) < 4.78 is 1.78. The summed E-state index contributed by atoms with van der Waals surface area (Å²) in [5, 5.41) is 14.9. The Morgan fingerprint density at radius 2 is 1.83 bits per heavy atom. The Morgan fingerprint density at radius 1 is 0.967 bits per heavy atom. The summed E-state index contributed by atoms with van der Waals surface area (Å²) in [4.78, 5) is 24.2. The van der Waals surface area contributed by atoms with Gasteiger partial charge in [-0.2, -0.15) is 10.4 Å². The number of nitrogens with one attached hydrogen (secondary N) is 1. The van der Waals surface area contributed by atoms with Crippen molar-refractivity contribution >= 4 is 11.0 Å². The molecule has 5 aromatic rings. The number of pyridine rings is 1. The van der Waals surface area contributed by atoms with Gasteiger partial charge >= 0.3 is 0 Å². The normalized spacial score (nSPS) is 12.0. The predicted molar refractivity (Wildman–Crippen MR) is 109 cm³/mol. The largest absolute Gasteiger partial charge is 0.346 e. The highest BCUT2D eigenvalue weighted by Crippen LogP contribution is 2.29. The number of H-pyrrole nitrogens is 1. The smallest absolute Gasteiger partial charge is 0.141 e. The molecule has 0 aliphatic heterocycles. The topological polar surface area (TPSA) is 122 Å². The molecule has 0 spiro atoms. The van der Waals surface area contributed by atoms with E-state index >= 15 is 0 Å². The van der Waals surface area contributed by atoms with Gasteiger partial charge in [-0.1, -0.05) is 0 Å². The van der Waals surface area contributed by atoms with Crippen LogP contribution in [-0.4, -0.2) is 39.7 Å². The van der Waals surface area contributed by atoms with Gasteiger partial charge in [0.25, 0.3) is 0 Å². The fraction of sp³-hybridized carbons (Fsp3) is 0.0952. The number of nitrogens with zero attached hydrogens (tertiary/aromatic N) is 8. The van der Waals surface area contributed by atoms with Crippen molar-refractivity contribution in [3.63, 3.8) is 0 Å². The van der Waals surface area contributed by atoms with Crippen LogP contribution in [0.25, 0.3) is 33.4 Å². The summed E-state index contributed by atoms with van der Waals surface area (Å²) >= 11 is 0.